The fraction of sp³-hybridized carbons (Fsp3) is 0.267. The van der Waals surface area contributed by atoms with Gasteiger partial charge in [0.05, 0.1) is 17.0 Å². The summed E-state index contributed by atoms with van der Waals surface area (Å²) in [7, 11) is 0. The number of anilines is 1. The summed E-state index contributed by atoms with van der Waals surface area (Å²) >= 11 is 0. The summed E-state index contributed by atoms with van der Waals surface area (Å²) in [4.78, 5) is 26.1. The van der Waals surface area contributed by atoms with Gasteiger partial charge < -0.3 is 14.5 Å². The first-order valence-electron chi connectivity index (χ1n) is 12.8. The maximum Gasteiger partial charge on any atom is 0.452 e. The number of esters is 1. The van der Waals surface area contributed by atoms with E-state index in [2.05, 4.69) is 15.5 Å². The normalized spacial score (nSPS) is 13.0. The fourth-order valence-corrected chi connectivity index (χ4v) is 4.56. The zero-order valence-electron chi connectivity index (χ0n) is 23.0. The van der Waals surface area contributed by atoms with Crippen LogP contribution in [-0.4, -0.2) is 26.2 Å². The van der Waals surface area contributed by atoms with Crippen LogP contribution in [0.1, 0.15) is 61.0 Å². The molecular formula is C30H27F3N4O4. The van der Waals surface area contributed by atoms with Crippen LogP contribution >= 0.6 is 0 Å². The summed E-state index contributed by atoms with van der Waals surface area (Å²) < 4.78 is 52.9. The highest BCUT2D eigenvalue weighted by atomic mass is 19.4. The molecule has 2 aromatic carbocycles. The molecule has 0 fully saturated rings. The number of para-hydroxylation sites is 1. The number of hydrogen-bond donors (Lipinski definition) is 1. The monoisotopic (exact) mass is 564 g/mol. The topological polar surface area (TPSA) is 98.7 Å². The third-order valence-electron chi connectivity index (χ3n) is 6.33. The smallest absolute Gasteiger partial charge is 0.452 e. The zero-order chi connectivity index (χ0) is 29.7. The predicted molar refractivity (Wildman–Crippen MR) is 148 cm³/mol. The standard InChI is InChI=1S/C30H27F3N4O4/c1-16-12-20(17(2)34-22-9-7-6-8-19(22)27(39)41-29(3,4)5)26-21(13-16)23(38)14-24(40-26)18-10-11-25-35-36-28(30(31,32)33)37(25)15-18/h6-15,17,34H,1-5H3. The minimum atomic E-state index is -4.72. The van der Waals surface area contributed by atoms with Crippen molar-refractivity contribution in [2.75, 3.05) is 5.32 Å². The number of benzene rings is 2. The van der Waals surface area contributed by atoms with E-state index in [1.54, 1.807) is 51.1 Å². The second-order valence-electron chi connectivity index (χ2n) is 10.8. The Morgan fingerprint density at radius 2 is 1.78 bits per heavy atom. The molecule has 0 aliphatic rings. The van der Waals surface area contributed by atoms with Crippen LogP contribution in [0.15, 0.2) is 70.0 Å². The number of carbonyl (C=O) groups is 1. The number of rotatable bonds is 5. The van der Waals surface area contributed by atoms with Crippen molar-refractivity contribution in [2.45, 2.75) is 52.4 Å². The lowest BCUT2D eigenvalue weighted by atomic mass is 10.00. The molecule has 0 amide bonds. The maximum atomic E-state index is 13.4. The molecule has 1 unspecified atom stereocenters. The van der Waals surface area contributed by atoms with Gasteiger partial charge in [-0.2, -0.15) is 13.2 Å². The van der Waals surface area contributed by atoms with Gasteiger partial charge in [-0.15, -0.1) is 10.2 Å². The number of carbonyl (C=O) groups excluding carboxylic acids is 1. The number of alkyl halides is 3. The van der Waals surface area contributed by atoms with Crippen LogP contribution in [0.3, 0.4) is 0 Å². The average molecular weight is 565 g/mol. The Morgan fingerprint density at radius 1 is 1.05 bits per heavy atom. The molecule has 8 nitrogen and oxygen atoms in total. The van der Waals surface area contributed by atoms with Crippen LogP contribution in [0.4, 0.5) is 18.9 Å². The highest BCUT2D eigenvalue weighted by Crippen LogP contribution is 2.33. The highest BCUT2D eigenvalue weighted by Gasteiger charge is 2.37. The lowest BCUT2D eigenvalue weighted by Gasteiger charge is -2.22. The van der Waals surface area contributed by atoms with Crippen molar-refractivity contribution in [2.24, 2.45) is 0 Å². The van der Waals surface area contributed by atoms with E-state index in [1.807, 2.05) is 19.9 Å². The van der Waals surface area contributed by atoms with Crippen molar-refractivity contribution in [3.05, 3.63) is 93.5 Å². The summed E-state index contributed by atoms with van der Waals surface area (Å²) in [5, 5.41) is 10.5. The van der Waals surface area contributed by atoms with Crippen molar-refractivity contribution < 1.29 is 27.1 Å². The minimum Gasteiger partial charge on any atom is -0.456 e. The molecule has 1 N–H and O–H groups in total. The number of hydrogen-bond acceptors (Lipinski definition) is 7. The van der Waals surface area contributed by atoms with Gasteiger partial charge in [-0.25, -0.2) is 4.79 Å². The van der Waals surface area contributed by atoms with E-state index in [0.717, 1.165) is 9.96 Å². The molecule has 0 aliphatic carbocycles. The number of halogens is 3. The van der Waals surface area contributed by atoms with Crippen LogP contribution in [0, 0.1) is 6.92 Å². The van der Waals surface area contributed by atoms with Crippen LogP contribution in [-0.2, 0) is 10.9 Å². The predicted octanol–water partition coefficient (Wildman–Crippen LogP) is 6.96. The molecule has 0 spiro atoms. The first-order valence-corrected chi connectivity index (χ1v) is 12.8. The van der Waals surface area contributed by atoms with Gasteiger partial charge in [0, 0.05) is 29.1 Å². The number of nitrogens with zero attached hydrogens (tertiary/aromatic N) is 3. The molecule has 0 saturated heterocycles. The molecule has 0 aliphatic heterocycles. The van der Waals surface area contributed by atoms with Gasteiger partial charge in [-0.05, 0) is 70.5 Å². The Morgan fingerprint density at radius 3 is 2.49 bits per heavy atom. The molecule has 0 radical (unpaired) electrons. The van der Waals surface area contributed by atoms with Crippen LogP contribution < -0.4 is 10.7 Å². The maximum absolute atomic E-state index is 13.4. The molecule has 5 rings (SSSR count). The SMILES string of the molecule is Cc1cc(C(C)Nc2ccccc2C(=O)OC(C)(C)C)c2oc(-c3ccc4nnc(C(F)(F)F)n4c3)cc(=O)c2c1. The number of aryl methyl sites for hydroxylation is 1. The molecular weight excluding hydrogens is 537 g/mol. The van der Waals surface area contributed by atoms with Gasteiger partial charge in [-0.3, -0.25) is 9.20 Å². The molecule has 0 bridgehead atoms. The van der Waals surface area contributed by atoms with E-state index >= 15 is 0 Å². The second kappa shape index (κ2) is 10.1. The van der Waals surface area contributed by atoms with Crippen molar-refractivity contribution in [3.8, 4) is 11.3 Å². The van der Waals surface area contributed by atoms with Crippen molar-refractivity contribution in [1.82, 2.24) is 14.6 Å². The largest absolute Gasteiger partial charge is 0.456 e. The van der Waals surface area contributed by atoms with Gasteiger partial charge in [0.2, 0.25) is 5.82 Å². The molecule has 3 aromatic heterocycles. The van der Waals surface area contributed by atoms with E-state index in [1.165, 1.54) is 24.4 Å². The van der Waals surface area contributed by atoms with Crippen molar-refractivity contribution in [3.63, 3.8) is 0 Å². The number of nitrogens with one attached hydrogen (secondary N) is 1. The van der Waals surface area contributed by atoms with Crippen LogP contribution in [0.2, 0.25) is 0 Å². The average Bonchev–Trinajstić information content (AvgIpc) is 3.32. The number of pyridine rings is 1. The van der Waals surface area contributed by atoms with E-state index in [9.17, 15) is 22.8 Å². The molecule has 212 valence electrons. The summed E-state index contributed by atoms with van der Waals surface area (Å²) in [6, 6.07) is 14.2. The van der Waals surface area contributed by atoms with Crippen molar-refractivity contribution in [1.29, 1.82) is 0 Å². The fourth-order valence-electron chi connectivity index (χ4n) is 4.56. The van der Waals surface area contributed by atoms with E-state index in [-0.39, 0.29) is 28.0 Å². The van der Waals surface area contributed by atoms with Gasteiger partial charge >= 0.3 is 12.1 Å². The Hall–Kier alpha value is -4.67. The molecule has 0 saturated carbocycles. The van der Waals surface area contributed by atoms with Crippen LogP contribution in [0.25, 0.3) is 27.9 Å². The van der Waals surface area contributed by atoms with E-state index in [4.69, 9.17) is 9.15 Å². The quantitative estimate of drug-likeness (QED) is 0.231. The third kappa shape index (κ3) is 5.65. The first-order chi connectivity index (χ1) is 19.2. The third-order valence-corrected chi connectivity index (χ3v) is 6.33. The van der Waals surface area contributed by atoms with E-state index in [0.29, 0.717) is 22.2 Å². The van der Waals surface area contributed by atoms with Crippen molar-refractivity contribution >= 4 is 28.3 Å². The molecule has 3 heterocycles. The molecule has 5 aromatic rings. The minimum absolute atomic E-state index is 0.00185. The Kier molecular flexibility index (Phi) is 6.84. The van der Waals surface area contributed by atoms with Crippen LogP contribution in [0.5, 0.6) is 0 Å². The lowest BCUT2D eigenvalue weighted by molar-refractivity contribution is -0.145. The number of aromatic nitrogens is 3. The summed E-state index contributed by atoms with van der Waals surface area (Å²) in [5.41, 5.74) is 1.78. The number of ether oxygens (including phenoxy) is 1. The molecule has 41 heavy (non-hydrogen) atoms. The summed E-state index contributed by atoms with van der Waals surface area (Å²) in [5.74, 6) is -1.59. The van der Waals surface area contributed by atoms with E-state index < -0.39 is 29.6 Å². The lowest BCUT2D eigenvalue weighted by Crippen LogP contribution is -2.24. The van der Waals surface area contributed by atoms with Gasteiger partial charge in [0.25, 0.3) is 0 Å². The summed E-state index contributed by atoms with van der Waals surface area (Å²) in [6.45, 7) is 9.05. The second-order valence-corrected chi connectivity index (χ2v) is 10.8. The van der Waals surface area contributed by atoms with Gasteiger partial charge in [0.15, 0.2) is 11.1 Å². The Balaban J connectivity index is 1.59. The van der Waals surface area contributed by atoms with Gasteiger partial charge in [-0.1, -0.05) is 18.2 Å². The Bertz CT molecular complexity index is 1850. The molecule has 11 heteroatoms. The molecule has 1 atom stereocenters. The summed E-state index contributed by atoms with van der Waals surface area (Å²) in [6.07, 6.45) is -3.53. The highest BCUT2D eigenvalue weighted by molar-refractivity contribution is 5.96. The Labute approximate surface area is 232 Å². The van der Waals surface area contributed by atoms with Gasteiger partial charge in [0.1, 0.15) is 16.9 Å². The zero-order valence-corrected chi connectivity index (χ0v) is 23.0. The first kappa shape index (κ1) is 27.9. The number of fused-ring (bicyclic) bond motifs is 2.